The Labute approximate surface area is 203 Å². The van der Waals surface area contributed by atoms with Gasteiger partial charge in [0.05, 0.1) is 11.1 Å². The molecular formula is C25H24N6O3S. The number of hydrogen-bond donors (Lipinski definition) is 2. The lowest BCUT2D eigenvalue weighted by Gasteiger charge is -2.12. The number of anilines is 2. The Morgan fingerprint density at radius 3 is 2.34 bits per heavy atom. The Morgan fingerprint density at radius 1 is 1.03 bits per heavy atom. The van der Waals surface area contributed by atoms with Gasteiger partial charge in [0.25, 0.3) is 10.0 Å². The predicted molar refractivity (Wildman–Crippen MR) is 133 cm³/mol. The first-order valence-corrected chi connectivity index (χ1v) is 12.4. The van der Waals surface area contributed by atoms with Gasteiger partial charge < -0.3 is 5.32 Å². The van der Waals surface area contributed by atoms with Gasteiger partial charge in [-0.3, -0.25) is 9.52 Å². The van der Waals surface area contributed by atoms with Crippen LogP contribution in [0.5, 0.6) is 0 Å². The molecule has 0 saturated heterocycles. The van der Waals surface area contributed by atoms with E-state index in [2.05, 4.69) is 26.2 Å². The van der Waals surface area contributed by atoms with Gasteiger partial charge in [-0.25, -0.2) is 17.9 Å². The van der Waals surface area contributed by atoms with Crippen molar-refractivity contribution >= 4 is 33.0 Å². The molecule has 35 heavy (non-hydrogen) atoms. The van der Waals surface area contributed by atoms with E-state index in [1.54, 1.807) is 53.0 Å². The number of aryl methyl sites for hydroxylation is 3. The lowest BCUT2D eigenvalue weighted by molar-refractivity contribution is -0.116. The van der Waals surface area contributed by atoms with Gasteiger partial charge in [-0.2, -0.15) is 10.4 Å². The first-order chi connectivity index (χ1) is 16.7. The van der Waals surface area contributed by atoms with Crippen molar-refractivity contribution in [2.24, 2.45) is 0 Å². The molecule has 0 radical (unpaired) electrons. The predicted octanol–water partition coefficient (Wildman–Crippen LogP) is 3.90. The van der Waals surface area contributed by atoms with Gasteiger partial charge in [0, 0.05) is 29.2 Å². The van der Waals surface area contributed by atoms with E-state index in [0.717, 1.165) is 22.5 Å². The summed E-state index contributed by atoms with van der Waals surface area (Å²) in [5.74, 6) is -0.185. The zero-order valence-corrected chi connectivity index (χ0v) is 20.3. The Morgan fingerprint density at radius 2 is 1.69 bits per heavy atom. The van der Waals surface area contributed by atoms with Crippen molar-refractivity contribution in [2.75, 3.05) is 10.0 Å². The molecule has 0 saturated carbocycles. The van der Waals surface area contributed by atoms with Crippen molar-refractivity contribution in [3.8, 4) is 6.07 Å². The highest BCUT2D eigenvalue weighted by atomic mass is 32.2. The van der Waals surface area contributed by atoms with Gasteiger partial charge in [0.15, 0.2) is 5.65 Å². The normalized spacial score (nSPS) is 11.3. The second kappa shape index (κ2) is 9.56. The minimum absolute atomic E-state index is 0.178. The summed E-state index contributed by atoms with van der Waals surface area (Å²) >= 11 is 0. The fourth-order valence-electron chi connectivity index (χ4n) is 3.77. The van der Waals surface area contributed by atoms with Crippen LogP contribution in [0.1, 0.15) is 34.5 Å². The van der Waals surface area contributed by atoms with E-state index < -0.39 is 10.0 Å². The van der Waals surface area contributed by atoms with Crippen molar-refractivity contribution in [2.45, 2.75) is 38.5 Å². The van der Waals surface area contributed by atoms with Crippen LogP contribution in [0.3, 0.4) is 0 Å². The van der Waals surface area contributed by atoms with Gasteiger partial charge in [-0.1, -0.05) is 17.7 Å². The molecule has 0 spiro atoms. The van der Waals surface area contributed by atoms with E-state index >= 15 is 0 Å². The number of nitrogens with one attached hydrogen (secondary N) is 2. The average Bonchev–Trinajstić information content (AvgIpc) is 3.23. The number of sulfonamides is 1. The molecular weight excluding hydrogens is 464 g/mol. The average molecular weight is 489 g/mol. The molecule has 0 aliphatic carbocycles. The highest BCUT2D eigenvalue weighted by Crippen LogP contribution is 2.21. The maximum absolute atomic E-state index is 12.5. The van der Waals surface area contributed by atoms with Crippen molar-refractivity contribution in [1.82, 2.24) is 14.6 Å². The van der Waals surface area contributed by atoms with Gasteiger partial charge in [0.2, 0.25) is 5.91 Å². The van der Waals surface area contributed by atoms with Gasteiger partial charge >= 0.3 is 0 Å². The molecule has 9 nitrogen and oxygen atoms in total. The molecule has 0 atom stereocenters. The van der Waals surface area contributed by atoms with Crippen LogP contribution in [0, 0.1) is 32.1 Å². The minimum atomic E-state index is -3.70. The second-order valence-corrected chi connectivity index (χ2v) is 9.89. The van der Waals surface area contributed by atoms with Crippen LogP contribution in [0.2, 0.25) is 0 Å². The van der Waals surface area contributed by atoms with Crippen LogP contribution in [0.15, 0.2) is 59.6 Å². The van der Waals surface area contributed by atoms with Crippen molar-refractivity contribution < 1.29 is 13.2 Å². The molecule has 2 aromatic heterocycles. The molecule has 2 aromatic carbocycles. The number of fused-ring (bicyclic) bond motifs is 1. The molecule has 0 unspecified atom stereocenters. The minimum Gasteiger partial charge on any atom is -0.326 e. The van der Waals surface area contributed by atoms with Gasteiger partial charge in [0.1, 0.15) is 11.6 Å². The summed E-state index contributed by atoms with van der Waals surface area (Å²) in [6.07, 6.45) is 2.17. The number of benzene rings is 2. The monoisotopic (exact) mass is 488 g/mol. The Bertz CT molecular complexity index is 1550. The number of nitrogens with zero attached hydrogens (tertiary/aromatic N) is 4. The summed E-state index contributed by atoms with van der Waals surface area (Å²) in [5.41, 5.74) is 5.34. The summed E-state index contributed by atoms with van der Waals surface area (Å²) < 4.78 is 29.2. The molecule has 10 heteroatoms. The smallest absolute Gasteiger partial charge is 0.261 e. The molecule has 4 rings (SSSR count). The number of carbonyl (C=O) groups is 1. The van der Waals surface area contributed by atoms with E-state index in [4.69, 9.17) is 0 Å². The van der Waals surface area contributed by atoms with Gasteiger partial charge in [-0.05, 0) is 69.2 Å². The Hall–Kier alpha value is -4.23. The molecule has 4 aromatic rings. The largest absolute Gasteiger partial charge is 0.326 e. The molecule has 1 amide bonds. The highest BCUT2D eigenvalue weighted by Gasteiger charge is 2.16. The van der Waals surface area contributed by atoms with E-state index in [1.807, 2.05) is 20.8 Å². The van der Waals surface area contributed by atoms with E-state index in [9.17, 15) is 18.5 Å². The standard InChI is InChI=1S/C25H24N6O3S/c1-16-4-10-22(11-5-16)35(33,34)30-21-8-6-20(7-9-21)29-24(32)13-12-23-17(2)28-25-19(14-26)15-27-31(25)18(23)3/h4-11,15,30H,12-13H2,1-3H3,(H,29,32). The summed E-state index contributed by atoms with van der Waals surface area (Å²) in [4.78, 5) is 17.2. The number of amides is 1. The highest BCUT2D eigenvalue weighted by molar-refractivity contribution is 7.92. The number of hydrogen-bond acceptors (Lipinski definition) is 6. The van der Waals surface area contributed by atoms with Crippen molar-refractivity contribution in [3.05, 3.63) is 82.8 Å². The number of carbonyl (C=O) groups excluding carboxylic acids is 1. The third-order valence-electron chi connectivity index (χ3n) is 5.68. The summed E-state index contributed by atoms with van der Waals surface area (Å²) in [5, 5.41) is 16.2. The number of rotatable bonds is 7. The summed E-state index contributed by atoms with van der Waals surface area (Å²) in [7, 11) is -3.70. The second-order valence-electron chi connectivity index (χ2n) is 8.21. The molecule has 0 bridgehead atoms. The first kappa shape index (κ1) is 23.9. The zero-order valence-electron chi connectivity index (χ0n) is 19.5. The molecule has 0 fully saturated rings. The Balaban J connectivity index is 1.39. The molecule has 2 N–H and O–H groups in total. The third kappa shape index (κ3) is 5.15. The number of nitriles is 1. The maximum Gasteiger partial charge on any atom is 0.261 e. The lowest BCUT2D eigenvalue weighted by Crippen LogP contribution is -2.15. The molecule has 178 valence electrons. The van der Waals surface area contributed by atoms with Crippen LogP contribution in [0.25, 0.3) is 5.65 Å². The maximum atomic E-state index is 12.5. The molecule has 0 aliphatic heterocycles. The topological polar surface area (TPSA) is 129 Å². The van der Waals surface area contributed by atoms with Crippen LogP contribution < -0.4 is 10.0 Å². The molecule has 0 aliphatic rings. The van der Waals surface area contributed by atoms with Crippen LogP contribution in [-0.2, 0) is 21.2 Å². The first-order valence-electron chi connectivity index (χ1n) is 10.9. The summed E-state index contributed by atoms with van der Waals surface area (Å²) in [6, 6.07) is 15.1. The quantitative estimate of drug-likeness (QED) is 0.406. The van der Waals surface area contributed by atoms with Crippen LogP contribution in [-0.4, -0.2) is 28.9 Å². The summed E-state index contributed by atoms with van der Waals surface area (Å²) in [6.45, 7) is 5.63. The fourth-order valence-corrected chi connectivity index (χ4v) is 4.83. The zero-order chi connectivity index (χ0) is 25.2. The number of aromatic nitrogens is 3. The van der Waals surface area contributed by atoms with Crippen LogP contribution in [0.4, 0.5) is 11.4 Å². The van der Waals surface area contributed by atoms with Crippen molar-refractivity contribution in [1.29, 1.82) is 5.26 Å². The van der Waals surface area contributed by atoms with Crippen LogP contribution >= 0.6 is 0 Å². The van der Waals surface area contributed by atoms with E-state index in [0.29, 0.717) is 29.0 Å². The van der Waals surface area contributed by atoms with Crippen molar-refractivity contribution in [3.63, 3.8) is 0 Å². The van der Waals surface area contributed by atoms with E-state index in [1.165, 1.54) is 6.20 Å². The van der Waals surface area contributed by atoms with Gasteiger partial charge in [-0.15, -0.1) is 0 Å². The molecule has 2 heterocycles. The third-order valence-corrected chi connectivity index (χ3v) is 7.08. The SMILES string of the molecule is Cc1ccc(S(=O)(=O)Nc2ccc(NC(=O)CCc3c(C)nc4c(C#N)cnn4c3C)cc2)cc1. The Kier molecular flexibility index (Phi) is 6.53. The fraction of sp³-hybridized carbons (Fsp3) is 0.200. The van der Waals surface area contributed by atoms with E-state index in [-0.39, 0.29) is 17.2 Å². The lowest BCUT2D eigenvalue weighted by atomic mass is 10.1.